The van der Waals surface area contributed by atoms with Gasteiger partial charge in [0.05, 0.1) is 6.54 Å². The molecule has 0 saturated heterocycles. The smallest absolute Gasteiger partial charge is 0.167 e. The molecule has 0 aliphatic rings. The van der Waals surface area contributed by atoms with E-state index < -0.39 is 0 Å². The molecule has 2 heteroatoms. The molecule has 0 N–H and O–H groups in total. The van der Waals surface area contributed by atoms with Gasteiger partial charge in [-0.25, -0.2) is 4.58 Å². The van der Waals surface area contributed by atoms with E-state index in [0.717, 1.165) is 26.2 Å². The van der Waals surface area contributed by atoms with Crippen molar-refractivity contribution in [1.82, 2.24) is 4.90 Å². The third kappa shape index (κ3) is 4.98. The van der Waals surface area contributed by atoms with Crippen LogP contribution in [-0.2, 0) is 13.1 Å². The molecule has 0 fully saturated rings. The summed E-state index contributed by atoms with van der Waals surface area (Å²) in [6.45, 7) is 7.66. The summed E-state index contributed by atoms with van der Waals surface area (Å²) in [5, 5.41) is 0. The molecule has 0 aliphatic heterocycles. The molecular formula is C18H22N2+. The van der Waals surface area contributed by atoms with Gasteiger partial charge in [-0.05, 0) is 5.56 Å². The van der Waals surface area contributed by atoms with Crippen molar-refractivity contribution < 1.29 is 4.58 Å². The van der Waals surface area contributed by atoms with Gasteiger partial charge in [0.1, 0.15) is 6.72 Å². The van der Waals surface area contributed by atoms with E-state index in [2.05, 4.69) is 71.8 Å². The molecule has 2 aromatic rings. The second kappa shape index (κ2) is 7.61. The Morgan fingerprint density at radius 2 is 1.40 bits per heavy atom. The largest absolute Gasteiger partial charge is 0.292 e. The average molecular weight is 266 g/mol. The maximum absolute atomic E-state index is 4.09. The SMILES string of the molecule is [CH2]N(CC[N+](=C)Cc1ccccc1)Cc1ccccc1. The first kappa shape index (κ1) is 14.5. The number of hydrogen-bond donors (Lipinski definition) is 0. The van der Waals surface area contributed by atoms with Crippen LogP contribution in [0.3, 0.4) is 0 Å². The summed E-state index contributed by atoms with van der Waals surface area (Å²) in [5.74, 6) is 0. The van der Waals surface area contributed by atoms with E-state index >= 15 is 0 Å². The molecule has 0 atom stereocenters. The Bertz CT molecular complexity index is 520. The minimum atomic E-state index is 0.875. The van der Waals surface area contributed by atoms with E-state index in [0.29, 0.717) is 0 Å². The highest BCUT2D eigenvalue weighted by atomic mass is 15.1. The molecule has 103 valence electrons. The summed E-state index contributed by atoms with van der Waals surface area (Å²) in [4.78, 5) is 2.08. The summed E-state index contributed by atoms with van der Waals surface area (Å²) >= 11 is 0. The highest BCUT2D eigenvalue weighted by Gasteiger charge is 2.06. The van der Waals surface area contributed by atoms with E-state index in [4.69, 9.17) is 0 Å². The lowest BCUT2D eigenvalue weighted by Crippen LogP contribution is -2.25. The second-order valence-electron chi connectivity index (χ2n) is 5.08. The summed E-state index contributed by atoms with van der Waals surface area (Å²) in [6.07, 6.45) is 0. The molecular weight excluding hydrogens is 244 g/mol. The normalized spacial score (nSPS) is 10.7. The van der Waals surface area contributed by atoms with E-state index in [-0.39, 0.29) is 0 Å². The summed E-state index contributed by atoms with van der Waals surface area (Å²) in [5.41, 5.74) is 2.59. The molecule has 2 nitrogen and oxygen atoms in total. The molecule has 0 aromatic heterocycles. The predicted octanol–water partition coefficient (Wildman–Crippen LogP) is 3.19. The second-order valence-corrected chi connectivity index (χ2v) is 5.08. The van der Waals surface area contributed by atoms with Gasteiger partial charge in [0.2, 0.25) is 0 Å². The van der Waals surface area contributed by atoms with Gasteiger partial charge in [0.15, 0.2) is 13.1 Å². The summed E-state index contributed by atoms with van der Waals surface area (Å²) in [7, 11) is 4.09. The fourth-order valence-electron chi connectivity index (χ4n) is 2.12. The van der Waals surface area contributed by atoms with Gasteiger partial charge < -0.3 is 0 Å². The Labute approximate surface area is 122 Å². The van der Waals surface area contributed by atoms with Crippen LogP contribution in [0.4, 0.5) is 0 Å². The molecule has 20 heavy (non-hydrogen) atoms. The van der Waals surface area contributed by atoms with Crippen molar-refractivity contribution >= 4 is 6.72 Å². The molecule has 0 aliphatic carbocycles. The summed E-state index contributed by atoms with van der Waals surface area (Å²) in [6, 6.07) is 20.8. The Morgan fingerprint density at radius 3 is 2.00 bits per heavy atom. The Balaban J connectivity index is 1.73. The zero-order valence-corrected chi connectivity index (χ0v) is 11.9. The van der Waals surface area contributed by atoms with Crippen LogP contribution >= 0.6 is 0 Å². The van der Waals surface area contributed by atoms with Gasteiger partial charge in [-0.3, -0.25) is 4.90 Å². The number of nitrogens with zero attached hydrogens (tertiary/aromatic N) is 2. The highest BCUT2D eigenvalue weighted by molar-refractivity contribution is 5.17. The van der Waals surface area contributed by atoms with Gasteiger partial charge in [-0.15, -0.1) is 0 Å². The third-order valence-corrected chi connectivity index (χ3v) is 3.23. The van der Waals surface area contributed by atoms with E-state index in [1.807, 2.05) is 12.1 Å². The van der Waals surface area contributed by atoms with Crippen molar-refractivity contribution in [2.75, 3.05) is 13.1 Å². The molecule has 0 saturated carbocycles. The minimum Gasteiger partial charge on any atom is -0.292 e. The van der Waals surface area contributed by atoms with Crippen LogP contribution in [0, 0.1) is 7.05 Å². The molecule has 0 amide bonds. The van der Waals surface area contributed by atoms with Gasteiger partial charge >= 0.3 is 0 Å². The van der Waals surface area contributed by atoms with Crippen LogP contribution in [0.2, 0.25) is 0 Å². The van der Waals surface area contributed by atoms with Gasteiger partial charge in [0, 0.05) is 19.2 Å². The van der Waals surface area contributed by atoms with Crippen molar-refractivity contribution in [3.63, 3.8) is 0 Å². The number of rotatable bonds is 7. The van der Waals surface area contributed by atoms with Gasteiger partial charge in [-0.1, -0.05) is 60.7 Å². The minimum absolute atomic E-state index is 0.875. The van der Waals surface area contributed by atoms with Gasteiger partial charge in [0.25, 0.3) is 0 Å². The lowest BCUT2D eigenvalue weighted by molar-refractivity contribution is -0.535. The van der Waals surface area contributed by atoms with Crippen LogP contribution in [0.25, 0.3) is 0 Å². The van der Waals surface area contributed by atoms with Gasteiger partial charge in [-0.2, -0.15) is 0 Å². The Hall–Kier alpha value is -1.93. The highest BCUT2D eigenvalue weighted by Crippen LogP contribution is 2.04. The van der Waals surface area contributed by atoms with Crippen molar-refractivity contribution in [2.45, 2.75) is 13.1 Å². The molecule has 0 bridgehead atoms. The van der Waals surface area contributed by atoms with Crippen molar-refractivity contribution in [3.8, 4) is 0 Å². The zero-order valence-electron chi connectivity index (χ0n) is 11.9. The van der Waals surface area contributed by atoms with Crippen LogP contribution in [0.1, 0.15) is 11.1 Å². The van der Waals surface area contributed by atoms with E-state index in [9.17, 15) is 0 Å². The maximum Gasteiger partial charge on any atom is 0.167 e. The fraction of sp³-hybridized carbons (Fsp3) is 0.222. The predicted molar refractivity (Wildman–Crippen MR) is 84.6 cm³/mol. The quantitative estimate of drug-likeness (QED) is 0.551. The Morgan fingerprint density at radius 1 is 0.850 bits per heavy atom. The van der Waals surface area contributed by atoms with Crippen LogP contribution in [0.15, 0.2) is 60.7 Å². The zero-order chi connectivity index (χ0) is 14.2. The topological polar surface area (TPSA) is 6.25 Å². The Kier molecular flexibility index (Phi) is 5.51. The van der Waals surface area contributed by atoms with Crippen LogP contribution in [-0.4, -0.2) is 29.3 Å². The van der Waals surface area contributed by atoms with E-state index in [1.165, 1.54) is 11.1 Å². The first-order valence-corrected chi connectivity index (χ1v) is 6.93. The molecule has 1 radical (unpaired) electrons. The monoisotopic (exact) mass is 266 g/mol. The van der Waals surface area contributed by atoms with Crippen LogP contribution in [0.5, 0.6) is 0 Å². The lowest BCUT2D eigenvalue weighted by Gasteiger charge is -2.15. The lowest BCUT2D eigenvalue weighted by atomic mass is 10.2. The molecule has 2 aromatic carbocycles. The van der Waals surface area contributed by atoms with Crippen molar-refractivity contribution in [2.24, 2.45) is 0 Å². The average Bonchev–Trinajstić information content (AvgIpc) is 2.47. The summed E-state index contributed by atoms with van der Waals surface area (Å²) < 4.78 is 2.08. The van der Waals surface area contributed by atoms with Crippen molar-refractivity contribution in [1.29, 1.82) is 0 Å². The third-order valence-electron chi connectivity index (χ3n) is 3.23. The van der Waals surface area contributed by atoms with Crippen LogP contribution < -0.4 is 0 Å². The molecule has 0 unspecified atom stereocenters. The standard InChI is InChI=1S/C18H22N2/c1-19(15-17-9-5-3-6-10-17)13-14-20(2)16-18-11-7-4-8-12-18/h3-12H,1-2,13-16H2/q+1. The fourth-order valence-corrected chi connectivity index (χ4v) is 2.12. The van der Waals surface area contributed by atoms with E-state index in [1.54, 1.807) is 0 Å². The molecule has 2 rings (SSSR count). The number of hydrogen-bond acceptors (Lipinski definition) is 1. The first-order chi connectivity index (χ1) is 9.74. The number of benzene rings is 2. The van der Waals surface area contributed by atoms with Crippen molar-refractivity contribution in [3.05, 3.63) is 78.8 Å². The maximum atomic E-state index is 4.09. The first-order valence-electron chi connectivity index (χ1n) is 6.93. The molecule has 0 heterocycles. The molecule has 0 spiro atoms.